The average molecular weight is 522 g/mol. The zero-order chi connectivity index (χ0) is 24.5. The smallest absolute Gasteiger partial charge is 0.345 e. The van der Waals surface area contributed by atoms with Gasteiger partial charge >= 0.3 is 5.97 Å². The standard InChI is InChI=1S/C24H13Cl2N5O3S/c25-17-6-2-1-5-15(17)23(33)34-19-8-7-13(11-18(19)26)10-16-20(27)31-24(29-21(16)32)35-22(30-31)14-4-3-9-28-12-14/h1-12,27H/b16-10-,27-20?. The molecule has 1 N–H and O–H groups in total. The van der Waals surface area contributed by atoms with E-state index in [-0.39, 0.29) is 32.8 Å². The summed E-state index contributed by atoms with van der Waals surface area (Å²) in [4.78, 5) is 33.2. The van der Waals surface area contributed by atoms with E-state index in [1.165, 1.54) is 35.0 Å². The van der Waals surface area contributed by atoms with Crippen molar-refractivity contribution in [3.8, 4) is 5.75 Å². The van der Waals surface area contributed by atoms with Gasteiger partial charge in [-0.2, -0.15) is 15.1 Å². The van der Waals surface area contributed by atoms with E-state index >= 15 is 0 Å². The van der Waals surface area contributed by atoms with E-state index in [9.17, 15) is 9.59 Å². The number of rotatable bonds is 4. The van der Waals surface area contributed by atoms with Crippen LogP contribution >= 0.6 is 35.0 Å². The maximum atomic E-state index is 12.7. The number of esters is 1. The number of halogens is 2. The number of aliphatic imine (C=N–C) groups is 1. The molecular formula is C24H13Cl2N5O3S. The molecule has 0 radical (unpaired) electrons. The summed E-state index contributed by atoms with van der Waals surface area (Å²) in [7, 11) is 0. The molecule has 1 amide bonds. The van der Waals surface area contributed by atoms with Crippen molar-refractivity contribution in [3.63, 3.8) is 0 Å². The maximum absolute atomic E-state index is 12.7. The third-order valence-electron chi connectivity index (χ3n) is 4.93. The highest BCUT2D eigenvalue weighted by Crippen LogP contribution is 2.32. The molecule has 2 aromatic carbocycles. The number of hydrogen-bond acceptors (Lipinski definition) is 7. The molecule has 5 rings (SSSR count). The van der Waals surface area contributed by atoms with E-state index < -0.39 is 11.9 Å². The summed E-state index contributed by atoms with van der Waals surface area (Å²) < 4.78 is 5.37. The van der Waals surface area contributed by atoms with Crippen LogP contribution in [0.5, 0.6) is 5.75 Å². The molecule has 2 aliphatic heterocycles. The first-order chi connectivity index (χ1) is 16.9. The number of hydrogen-bond donors (Lipinski definition) is 1. The van der Waals surface area contributed by atoms with Gasteiger partial charge in [0.2, 0.25) is 5.17 Å². The van der Waals surface area contributed by atoms with Gasteiger partial charge in [0.1, 0.15) is 10.8 Å². The number of pyridine rings is 1. The summed E-state index contributed by atoms with van der Waals surface area (Å²) in [5.41, 5.74) is 1.53. The van der Waals surface area contributed by atoms with Crippen molar-refractivity contribution in [1.82, 2.24) is 9.99 Å². The Hall–Kier alpha value is -3.79. The molecule has 0 bridgehead atoms. The molecule has 0 atom stereocenters. The molecule has 11 heteroatoms. The SMILES string of the molecule is N=C1/C(=C/c2ccc(OC(=O)c3ccccc3Cl)c(Cl)c2)C(=O)N=C2SC(c3cccnc3)=NN12. The first-order valence-corrected chi connectivity index (χ1v) is 11.6. The van der Waals surface area contributed by atoms with Crippen molar-refractivity contribution in [3.05, 3.63) is 99.3 Å². The molecular weight excluding hydrogens is 509 g/mol. The fraction of sp³-hybridized carbons (Fsp3) is 0. The topological polar surface area (TPSA) is 108 Å². The second kappa shape index (κ2) is 9.46. The lowest BCUT2D eigenvalue weighted by atomic mass is 10.1. The van der Waals surface area contributed by atoms with Gasteiger partial charge in [-0.1, -0.05) is 41.4 Å². The van der Waals surface area contributed by atoms with Gasteiger partial charge in [0.25, 0.3) is 5.91 Å². The van der Waals surface area contributed by atoms with Gasteiger partial charge in [-0.3, -0.25) is 15.2 Å². The number of carbonyl (C=O) groups is 2. The fourth-order valence-corrected chi connectivity index (χ4v) is 4.56. The summed E-state index contributed by atoms with van der Waals surface area (Å²) in [5, 5.41) is 15.5. The Balaban J connectivity index is 1.38. The van der Waals surface area contributed by atoms with Gasteiger partial charge in [0.05, 0.1) is 21.2 Å². The number of carbonyl (C=O) groups excluding carboxylic acids is 2. The van der Waals surface area contributed by atoms with Crippen LogP contribution in [0.1, 0.15) is 21.5 Å². The molecule has 8 nitrogen and oxygen atoms in total. The maximum Gasteiger partial charge on any atom is 0.345 e. The van der Waals surface area contributed by atoms with Crippen LogP contribution < -0.4 is 4.74 Å². The summed E-state index contributed by atoms with van der Waals surface area (Å²) in [6.07, 6.45) is 4.78. The van der Waals surface area contributed by atoms with Crippen molar-refractivity contribution in [2.45, 2.75) is 0 Å². The monoisotopic (exact) mass is 521 g/mol. The van der Waals surface area contributed by atoms with Crippen LogP contribution in [0.2, 0.25) is 10.0 Å². The number of amides is 1. The van der Waals surface area contributed by atoms with E-state index in [0.717, 1.165) is 5.56 Å². The van der Waals surface area contributed by atoms with E-state index in [1.54, 1.807) is 48.8 Å². The minimum atomic E-state index is -0.650. The zero-order valence-corrected chi connectivity index (χ0v) is 19.9. The minimum absolute atomic E-state index is 0.0439. The van der Waals surface area contributed by atoms with Gasteiger partial charge in [-0.15, -0.1) is 0 Å². The van der Waals surface area contributed by atoms with E-state index in [0.29, 0.717) is 15.8 Å². The van der Waals surface area contributed by atoms with Gasteiger partial charge in [0.15, 0.2) is 5.84 Å². The van der Waals surface area contributed by atoms with E-state index in [4.69, 9.17) is 33.3 Å². The molecule has 0 saturated carbocycles. The largest absolute Gasteiger partial charge is 0.421 e. The molecule has 0 unspecified atom stereocenters. The summed E-state index contributed by atoms with van der Waals surface area (Å²) in [6.45, 7) is 0. The van der Waals surface area contributed by atoms with Crippen molar-refractivity contribution >= 4 is 69.0 Å². The number of amidine groups is 2. The fourth-order valence-electron chi connectivity index (χ4n) is 3.24. The van der Waals surface area contributed by atoms with Crippen LogP contribution in [-0.4, -0.2) is 37.9 Å². The van der Waals surface area contributed by atoms with Crippen molar-refractivity contribution in [1.29, 1.82) is 5.41 Å². The van der Waals surface area contributed by atoms with Crippen LogP contribution in [-0.2, 0) is 4.79 Å². The molecule has 0 saturated heterocycles. The zero-order valence-electron chi connectivity index (χ0n) is 17.6. The number of ether oxygens (including phenoxy) is 1. The molecule has 0 fully saturated rings. The predicted molar refractivity (Wildman–Crippen MR) is 136 cm³/mol. The Bertz CT molecular complexity index is 1490. The molecule has 1 aromatic heterocycles. The third kappa shape index (κ3) is 4.61. The minimum Gasteiger partial charge on any atom is -0.421 e. The quantitative estimate of drug-likeness (QED) is 0.284. The average Bonchev–Trinajstić information content (AvgIpc) is 3.28. The molecule has 172 valence electrons. The van der Waals surface area contributed by atoms with Gasteiger partial charge < -0.3 is 4.74 Å². The molecule has 2 aliphatic rings. The van der Waals surface area contributed by atoms with Crippen molar-refractivity contribution < 1.29 is 14.3 Å². The summed E-state index contributed by atoms with van der Waals surface area (Å²) in [5.74, 6) is -1.20. The van der Waals surface area contributed by atoms with E-state index in [2.05, 4.69) is 15.1 Å². The van der Waals surface area contributed by atoms with Crippen LogP contribution in [0.25, 0.3) is 6.08 Å². The Kier molecular flexibility index (Phi) is 6.21. The lowest BCUT2D eigenvalue weighted by Gasteiger charge is -2.20. The highest BCUT2D eigenvalue weighted by molar-refractivity contribution is 8.27. The normalized spacial score (nSPS) is 16.2. The number of aromatic nitrogens is 1. The van der Waals surface area contributed by atoms with Gasteiger partial charge in [0, 0.05) is 18.0 Å². The first kappa shape index (κ1) is 23.0. The predicted octanol–water partition coefficient (Wildman–Crippen LogP) is 5.28. The summed E-state index contributed by atoms with van der Waals surface area (Å²) in [6, 6.07) is 14.7. The number of benzene rings is 2. The molecule has 0 spiro atoms. The number of nitrogens with one attached hydrogen (secondary N) is 1. The van der Waals surface area contributed by atoms with Gasteiger partial charge in [-0.05, 0) is 59.8 Å². The lowest BCUT2D eigenvalue weighted by molar-refractivity contribution is -0.114. The van der Waals surface area contributed by atoms with Crippen molar-refractivity contribution in [2.75, 3.05) is 0 Å². The Labute approximate surface area is 213 Å². The van der Waals surface area contributed by atoms with Crippen molar-refractivity contribution in [2.24, 2.45) is 10.1 Å². The van der Waals surface area contributed by atoms with E-state index in [1.807, 2.05) is 6.07 Å². The summed E-state index contributed by atoms with van der Waals surface area (Å²) >= 11 is 13.6. The molecule has 3 heterocycles. The van der Waals surface area contributed by atoms with Crippen LogP contribution in [0.4, 0.5) is 0 Å². The highest BCUT2D eigenvalue weighted by Gasteiger charge is 2.36. The first-order valence-electron chi connectivity index (χ1n) is 10.1. The lowest BCUT2D eigenvalue weighted by Crippen LogP contribution is -2.35. The number of thioether (sulfide) groups is 1. The Morgan fingerprint density at radius 2 is 1.91 bits per heavy atom. The van der Waals surface area contributed by atoms with Crippen LogP contribution in [0, 0.1) is 5.41 Å². The third-order valence-corrected chi connectivity index (χ3v) is 6.51. The van der Waals surface area contributed by atoms with Crippen LogP contribution in [0.15, 0.2) is 82.7 Å². The number of fused-ring (bicyclic) bond motifs is 1. The van der Waals surface area contributed by atoms with Crippen LogP contribution in [0.3, 0.4) is 0 Å². The highest BCUT2D eigenvalue weighted by atomic mass is 35.5. The Morgan fingerprint density at radius 1 is 1.09 bits per heavy atom. The second-order valence-corrected chi connectivity index (χ2v) is 9.00. The molecule has 35 heavy (non-hydrogen) atoms. The molecule has 0 aliphatic carbocycles. The second-order valence-electron chi connectivity index (χ2n) is 7.23. The number of hydrazone groups is 1. The molecule has 3 aromatic rings. The number of nitrogens with zero attached hydrogens (tertiary/aromatic N) is 4. The van der Waals surface area contributed by atoms with Gasteiger partial charge in [-0.25, -0.2) is 4.79 Å². The Morgan fingerprint density at radius 3 is 2.66 bits per heavy atom.